The molecule has 0 radical (unpaired) electrons. The van der Waals surface area contributed by atoms with Crippen LogP contribution in [0.15, 0.2) is 24.3 Å². The first-order chi connectivity index (χ1) is 9.23. The van der Waals surface area contributed by atoms with E-state index in [1.165, 1.54) is 0 Å². The van der Waals surface area contributed by atoms with Crippen LogP contribution >= 0.6 is 0 Å². The lowest BCUT2D eigenvalue weighted by Crippen LogP contribution is -2.28. The number of nitriles is 1. The number of amides is 1. The molecule has 0 N–H and O–H groups in total. The van der Waals surface area contributed by atoms with Crippen molar-refractivity contribution in [3.63, 3.8) is 0 Å². The molecule has 0 saturated carbocycles. The summed E-state index contributed by atoms with van der Waals surface area (Å²) in [5, 5.41) is 8.90. The minimum absolute atomic E-state index is 0.0943. The van der Waals surface area contributed by atoms with Gasteiger partial charge in [-0.05, 0) is 36.0 Å². The van der Waals surface area contributed by atoms with Gasteiger partial charge in [0, 0.05) is 19.2 Å². The summed E-state index contributed by atoms with van der Waals surface area (Å²) in [4.78, 5) is 13.9. The Morgan fingerprint density at radius 3 is 2.60 bits per heavy atom. The molecule has 1 rings (SSSR count). The van der Waals surface area contributed by atoms with Crippen LogP contribution in [-0.4, -0.2) is 13.0 Å². The van der Waals surface area contributed by atoms with E-state index in [1.807, 2.05) is 6.07 Å². The van der Waals surface area contributed by atoms with E-state index in [2.05, 4.69) is 33.8 Å². The van der Waals surface area contributed by atoms with Gasteiger partial charge in [0.15, 0.2) is 0 Å². The predicted octanol–water partition coefficient (Wildman–Crippen LogP) is 3.98. The molecule has 20 heavy (non-hydrogen) atoms. The van der Waals surface area contributed by atoms with E-state index in [0.29, 0.717) is 17.9 Å². The van der Waals surface area contributed by atoms with Gasteiger partial charge in [-0.3, -0.25) is 4.79 Å². The molecule has 0 bridgehead atoms. The first-order valence-corrected chi connectivity index (χ1v) is 6.99. The van der Waals surface area contributed by atoms with Gasteiger partial charge in [-0.1, -0.05) is 33.8 Å². The molecular weight excluding hydrogens is 248 g/mol. The molecule has 0 spiro atoms. The van der Waals surface area contributed by atoms with Gasteiger partial charge in [0.1, 0.15) is 0 Å². The van der Waals surface area contributed by atoms with Crippen LogP contribution in [0.1, 0.15) is 46.1 Å². The first-order valence-electron chi connectivity index (χ1n) is 6.99. The summed E-state index contributed by atoms with van der Waals surface area (Å²) in [5.74, 6) is 0.445. The zero-order chi connectivity index (χ0) is 15.3. The summed E-state index contributed by atoms with van der Waals surface area (Å²) >= 11 is 0. The molecule has 0 aromatic heterocycles. The van der Waals surface area contributed by atoms with E-state index in [9.17, 15) is 4.79 Å². The Morgan fingerprint density at radius 1 is 1.40 bits per heavy atom. The number of nitrogens with zero attached hydrogens (tertiary/aromatic N) is 2. The molecule has 3 nitrogen and oxygen atoms in total. The topological polar surface area (TPSA) is 44.1 Å². The maximum Gasteiger partial charge on any atom is 0.226 e. The lowest BCUT2D eigenvalue weighted by atomic mass is 9.84. The zero-order valence-electron chi connectivity index (χ0n) is 13.1. The Balaban J connectivity index is 2.70. The number of hydrogen-bond donors (Lipinski definition) is 0. The van der Waals surface area contributed by atoms with Crippen LogP contribution in [0, 0.1) is 22.7 Å². The maximum absolute atomic E-state index is 12.3. The number of carbonyl (C=O) groups is 1. The predicted molar refractivity (Wildman–Crippen MR) is 82.4 cm³/mol. The van der Waals surface area contributed by atoms with Crippen molar-refractivity contribution in [1.82, 2.24) is 0 Å². The smallest absolute Gasteiger partial charge is 0.226 e. The number of carbonyl (C=O) groups excluding carboxylic acids is 1. The molecule has 1 aromatic rings. The number of rotatable bonds is 4. The number of anilines is 1. The average Bonchev–Trinajstić information content (AvgIpc) is 2.35. The van der Waals surface area contributed by atoms with Gasteiger partial charge in [-0.2, -0.15) is 5.26 Å². The Bertz CT molecular complexity index is 508. The van der Waals surface area contributed by atoms with Crippen molar-refractivity contribution in [2.75, 3.05) is 11.9 Å². The van der Waals surface area contributed by atoms with Crippen LogP contribution in [0.25, 0.3) is 0 Å². The van der Waals surface area contributed by atoms with E-state index in [-0.39, 0.29) is 11.3 Å². The summed E-state index contributed by atoms with van der Waals surface area (Å²) in [6.07, 6.45) is 1.55. The molecule has 1 amide bonds. The quantitative estimate of drug-likeness (QED) is 0.832. The van der Waals surface area contributed by atoms with E-state index >= 15 is 0 Å². The Morgan fingerprint density at radius 2 is 2.05 bits per heavy atom. The minimum atomic E-state index is 0.0943. The van der Waals surface area contributed by atoms with Gasteiger partial charge < -0.3 is 4.90 Å². The summed E-state index contributed by atoms with van der Waals surface area (Å²) in [7, 11) is 1.77. The van der Waals surface area contributed by atoms with E-state index in [1.54, 1.807) is 30.1 Å². The maximum atomic E-state index is 12.3. The minimum Gasteiger partial charge on any atom is -0.315 e. The van der Waals surface area contributed by atoms with Crippen molar-refractivity contribution >= 4 is 11.6 Å². The second-order valence-electron chi connectivity index (χ2n) is 6.69. The van der Waals surface area contributed by atoms with Gasteiger partial charge in [0.25, 0.3) is 0 Å². The van der Waals surface area contributed by atoms with Crippen LogP contribution < -0.4 is 4.90 Å². The summed E-state index contributed by atoms with van der Waals surface area (Å²) < 4.78 is 0. The largest absolute Gasteiger partial charge is 0.315 e. The van der Waals surface area contributed by atoms with Gasteiger partial charge in [-0.15, -0.1) is 0 Å². The second kappa shape index (κ2) is 6.56. The third kappa shape index (κ3) is 5.05. The lowest BCUT2D eigenvalue weighted by Gasteiger charge is -2.25. The molecule has 108 valence electrons. The second-order valence-corrected chi connectivity index (χ2v) is 6.69. The summed E-state index contributed by atoms with van der Waals surface area (Å²) in [6, 6.07) is 9.23. The first kappa shape index (κ1) is 16.2. The van der Waals surface area contributed by atoms with Crippen molar-refractivity contribution in [1.29, 1.82) is 5.26 Å². The van der Waals surface area contributed by atoms with E-state index in [4.69, 9.17) is 5.26 Å². The van der Waals surface area contributed by atoms with Crippen molar-refractivity contribution in [2.24, 2.45) is 11.3 Å². The third-order valence-corrected chi connectivity index (χ3v) is 3.22. The van der Waals surface area contributed by atoms with Crippen molar-refractivity contribution in [2.45, 2.75) is 40.5 Å². The molecular formula is C17H24N2O. The van der Waals surface area contributed by atoms with E-state index < -0.39 is 0 Å². The van der Waals surface area contributed by atoms with Crippen LogP contribution in [0.5, 0.6) is 0 Å². The highest BCUT2D eigenvalue weighted by Crippen LogP contribution is 2.27. The highest BCUT2D eigenvalue weighted by molar-refractivity contribution is 5.93. The zero-order valence-corrected chi connectivity index (χ0v) is 13.1. The standard InChI is InChI=1S/C17H24N2O/c1-13(11-17(2,3)4)9-16(20)19(5)15-8-6-7-14(10-15)12-18/h6-8,10,13H,9,11H2,1-5H3. The Hall–Kier alpha value is -1.82. The average molecular weight is 272 g/mol. The van der Waals surface area contributed by atoms with Crippen molar-refractivity contribution in [3.8, 4) is 6.07 Å². The highest BCUT2D eigenvalue weighted by atomic mass is 16.2. The molecule has 3 heteroatoms. The monoisotopic (exact) mass is 272 g/mol. The van der Waals surface area contributed by atoms with Crippen LogP contribution in [0.4, 0.5) is 5.69 Å². The summed E-state index contributed by atoms with van der Waals surface area (Å²) in [5.41, 5.74) is 1.58. The Kier molecular flexibility index (Phi) is 5.33. The normalized spacial score (nSPS) is 12.6. The fraction of sp³-hybridized carbons (Fsp3) is 0.529. The van der Waals surface area contributed by atoms with Crippen LogP contribution in [0.2, 0.25) is 0 Å². The fourth-order valence-electron chi connectivity index (χ4n) is 2.48. The van der Waals surface area contributed by atoms with Gasteiger partial charge in [0.05, 0.1) is 11.6 Å². The van der Waals surface area contributed by atoms with Crippen LogP contribution in [-0.2, 0) is 4.79 Å². The van der Waals surface area contributed by atoms with Crippen LogP contribution in [0.3, 0.4) is 0 Å². The molecule has 1 aromatic carbocycles. The van der Waals surface area contributed by atoms with Gasteiger partial charge >= 0.3 is 0 Å². The molecule has 0 aliphatic rings. The number of benzene rings is 1. The third-order valence-electron chi connectivity index (χ3n) is 3.22. The molecule has 0 aliphatic carbocycles. The molecule has 0 saturated heterocycles. The highest BCUT2D eigenvalue weighted by Gasteiger charge is 2.20. The SMILES string of the molecule is CC(CC(=O)N(C)c1cccc(C#N)c1)CC(C)(C)C. The fourth-order valence-corrected chi connectivity index (χ4v) is 2.48. The lowest BCUT2D eigenvalue weighted by molar-refractivity contribution is -0.119. The molecule has 0 aliphatic heterocycles. The van der Waals surface area contributed by atoms with Gasteiger partial charge in [0.2, 0.25) is 5.91 Å². The molecule has 1 unspecified atom stereocenters. The Labute approximate surface area is 122 Å². The van der Waals surface area contributed by atoms with Gasteiger partial charge in [-0.25, -0.2) is 0 Å². The van der Waals surface area contributed by atoms with Crippen molar-refractivity contribution < 1.29 is 4.79 Å². The molecule has 1 atom stereocenters. The van der Waals surface area contributed by atoms with E-state index in [0.717, 1.165) is 12.1 Å². The molecule has 0 fully saturated rings. The number of hydrogen-bond acceptors (Lipinski definition) is 2. The van der Waals surface area contributed by atoms with Crippen molar-refractivity contribution in [3.05, 3.63) is 29.8 Å². The summed E-state index contributed by atoms with van der Waals surface area (Å²) in [6.45, 7) is 8.68. The molecule has 0 heterocycles.